The van der Waals surface area contributed by atoms with Crippen LogP contribution in [-0.4, -0.2) is 32.8 Å². The molecule has 3 heterocycles. The topological polar surface area (TPSA) is 81.9 Å². The summed E-state index contributed by atoms with van der Waals surface area (Å²) in [5.41, 5.74) is 5.59. The number of benzene rings is 1. The minimum absolute atomic E-state index is 0.230. The van der Waals surface area contributed by atoms with Crippen molar-refractivity contribution in [1.29, 1.82) is 0 Å². The molecule has 0 aliphatic heterocycles. The predicted octanol–water partition coefficient (Wildman–Crippen LogP) is 4.06. The lowest BCUT2D eigenvalue weighted by Gasteiger charge is -2.11. The van der Waals surface area contributed by atoms with Gasteiger partial charge in [-0.25, -0.2) is 4.98 Å². The fourth-order valence-electron chi connectivity index (χ4n) is 3.48. The molecule has 0 unspecified atom stereocenters. The van der Waals surface area contributed by atoms with Crippen molar-refractivity contribution in [3.8, 4) is 5.88 Å². The third-order valence-corrected chi connectivity index (χ3v) is 5.18. The zero-order chi connectivity index (χ0) is 21.3. The van der Waals surface area contributed by atoms with Gasteiger partial charge in [-0.1, -0.05) is 24.3 Å². The van der Waals surface area contributed by atoms with Gasteiger partial charge in [0.05, 0.1) is 47.5 Å². The lowest BCUT2D eigenvalue weighted by atomic mass is 10.1. The summed E-state index contributed by atoms with van der Waals surface area (Å²) in [6.07, 6.45) is 1.78. The Morgan fingerprint density at radius 1 is 1.13 bits per heavy atom. The van der Waals surface area contributed by atoms with Crippen LogP contribution in [0.5, 0.6) is 5.88 Å². The van der Waals surface area contributed by atoms with Gasteiger partial charge >= 0.3 is 0 Å². The molecule has 4 rings (SSSR count). The Kier molecular flexibility index (Phi) is 5.18. The average Bonchev–Trinajstić information content (AvgIpc) is 3.01. The van der Waals surface area contributed by atoms with E-state index in [4.69, 9.17) is 4.74 Å². The molecule has 4 aromatic rings. The molecule has 0 fully saturated rings. The number of methoxy groups -OCH3 is 1. The summed E-state index contributed by atoms with van der Waals surface area (Å²) >= 11 is 0. The van der Waals surface area contributed by atoms with Gasteiger partial charge in [0.15, 0.2) is 0 Å². The number of rotatable bonds is 5. The highest BCUT2D eigenvalue weighted by molar-refractivity contribution is 6.13. The van der Waals surface area contributed by atoms with Crippen molar-refractivity contribution in [1.82, 2.24) is 19.7 Å². The number of hydrogen-bond acceptors (Lipinski definition) is 5. The molecule has 0 aliphatic carbocycles. The number of ether oxygens (including phenoxy) is 1. The number of para-hydroxylation sites is 1. The SMILES string of the molecule is COc1cc(C(=O)Nc2c(C)nn(Cc3ncccc3C)c2C)c2ccccc2n1. The largest absolute Gasteiger partial charge is 0.481 e. The minimum Gasteiger partial charge on any atom is -0.481 e. The first-order valence-corrected chi connectivity index (χ1v) is 9.67. The first-order chi connectivity index (χ1) is 14.5. The number of nitrogens with zero attached hydrogens (tertiary/aromatic N) is 4. The van der Waals surface area contributed by atoms with E-state index in [-0.39, 0.29) is 5.91 Å². The molecule has 0 spiro atoms. The van der Waals surface area contributed by atoms with Gasteiger partial charge in [-0.3, -0.25) is 14.5 Å². The first-order valence-electron chi connectivity index (χ1n) is 9.67. The molecule has 1 aromatic carbocycles. The van der Waals surface area contributed by atoms with E-state index in [0.29, 0.717) is 29.2 Å². The predicted molar refractivity (Wildman–Crippen MR) is 116 cm³/mol. The molecule has 1 N–H and O–H groups in total. The number of aromatic nitrogens is 4. The Morgan fingerprint density at radius 2 is 1.93 bits per heavy atom. The van der Waals surface area contributed by atoms with Crippen LogP contribution in [0.2, 0.25) is 0 Å². The van der Waals surface area contributed by atoms with E-state index < -0.39 is 0 Å². The molecule has 7 heteroatoms. The van der Waals surface area contributed by atoms with Crippen molar-refractivity contribution in [2.24, 2.45) is 0 Å². The first kappa shape index (κ1) is 19.6. The number of carbonyl (C=O) groups excluding carboxylic acids is 1. The highest BCUT2D eigenvalue weighted by atomic mass is 16.5. The molecule has 152 valence electrons. The third kappa shape index (κ3) is 3.61. The summed E-state index contributed by atoms with van der Waals surface area (Å²) in [7, 11) is 1.54. The fraction of sp³-hybridized carbons (Fsp3) is 0.217. The third-order valence-electron chi connectivity index (χ3n) is 5.18. The van der Waals surface area contributed by atoms with E-state index in [1.54, 1.807) is 12.3 Å². The molecular formula is C23H23N5O2. The molecule has 3 aromatic heterocycles. The summed E-state index contributed by atoms with van der Waals surface area (Å²) in [6, 6.07) is 13.1. The van der Waals surface area contributed by atoms with Crippen molar-refractivity contribution < 1.29 is 9.53 Å². The van der Waals surface area contributed by atoms with Crippen LogP contribution >= 0.6 is 0 Å². The second-order valence-electron chi connectivity index (χ2n) is 7.15. The summed E-state index contributed by atoms with van der Waals surface area (Å²) in [6.45, 7) is 6.40. The van der Waals surface area contributed by atoms with Gasteiger partial charge in [0.2, 0.25) is 5.88 Å². The molecule has 7 nitrogen and oxygen atoms in total. The number of nitrogens with one attached hydrogen (secondary N) is 1. The number of hydrogen-bond donors (Lipinski definition) is 1. The van der Waals surface area contributed by atoms with Crippen molar-refractivity contribution in [2.75, 3.05) is 12.4 Å². The zero-order valence-corrected chi connectivity index (χ0v) is 17.4. The number of amides is 1. The van der Waals surface area contributed by atoms with Crippen LogP contribution in [0.4, 0.5) is 5.69 Å². The van der Waals surface area contributed by atoms with Crippen LogP contribution in [0.1, 0.15) is 33.0 Å². The Bertz CT molecular complexity index is 1250. The van der Waals surface area contributed by atoms with E-state index in [2.05, 4.69) is 20.4 Å². The van der Waals surface area contributed by atoms with Gasteiger partial charge in [-0.2, -0.15) is 5.10 Å². The van der Waals surface area contributed by atoms with Crippen LogP contribution in [-0.2, 0) is 6.54 Å². The van der Waals surface area contributed by atoms with Crippen LogP contribution in [0, 0.1) is 20.8 Å². The second kappa shape index (κ2) is 7.94. The molecule has 30 heavy (non-hydrogen) atoms. The minimum atomic E-state index is -0.230. The monoisotopic (exact) mass is 401 g/mol. The number of carbonyl (C=O) groups is 1. The van der Waals surface area contributed by atoms with Gasteiger partial charge in [-0.15, -0.1) is 0 Å². The maximum absolute atomic E-state index is 13.2. The smallest absolute Gasteiger partial charge is 0.256 e. The fourth-order valence-corrected chi connectivity index (χ4v) is 3.48. The van der Waals surface area contributed by atoms with Crippen LogP contribution < -0.4 is 10.1 Å². The van der Waals surface area contributed by atoms with E-state index >= 15 is 0 Å². The number of pyridine rings is 2. The lowest BCUT2D eigenvalue weighted by molar-refractivity contribution is 0.102. The average molecular weight is 401 g/mol. The van der Waals surface area contributed by atoms with Crippen molar-refractivity contribution in [2.45, 2.75) is 27.3 Å². The van der Waals surface area contributed by atoms with Gasteiger partial charge < -0.3 is 10.1 Å². The number of fused-ring (bicyclic) bond motifs is 1. The van der Waals surface area contributed by atoms with Gasteiger partial charge in [0.1, 0.15) is 0 Å². The summed E-state index contributed by atoms with van der Waals surface area (Å²) < 4.78 is 7.14. The van der Waals surface area contributed by atoms with Gasteiger partial charge in [0, 0.05) is 17.6 Å². The van der Waals surface area contributed by atoms with Crippen molar-refractivity contribution in [3.05, 3.63) is 76.9 Å². The molecule has 0 saturated carbocycles. The van der Waals surface area contributed by atoms with Crippen LogP contribution in [0.25, 0.3) is 10.9 Å². The van der Waals surface area contributed by atoms with Crippen molar-refractivity contribution >= 4 is 22.5 Å². The highest BCUT2D eigenvalue weighted by Gasteiger charge is 2.19. The normalized spacial score (nSPS) is 10.9. The molecular weight excluding hydrogens is 378 g/mol. The summed E-state index contributed by atoms with van der Waals surface area (Å²) in [5.74, 6) is 0.167. The quantitative estimate of drug-likeness (QED) is 0.545. The van der Waals surface area contributed by atoms with E-state index in [1.165, 1.54) is 7.11 Å². The molecule has 1 amide bonds. The molecule has 0 atom stereocenters. The summed E-state index contributed by atoms with van der Waals surface area (Å²) in [4.78, 5) is 22.0. The van der Waals surface area contributed by atoms with E-state index in [0.717, 1.165) is 28.0 Å². The molecule has 0 radical (unpaired) electrons. The molecule has 0 saturated heterocycles. The number of anilines is 1. The van der Waals surface area contributed by atoms with Crippen molar-refractivity contribution in [3.63, 3.8) is 0 Å². The Hall–Kier alpha value is -3.74. The van der Waals surface area contributed by atoms with Gasteiger partial charge in [-0.05, 0) is 38.5 Å². The zero-order valence-electron chi connectivity index (χ0n) is 17.4. The van der Waals surface area contributed by atoms with Crippen LogP contribution in [0.15, 0.2) is 48.7 Å². The van der Waals surface area contributed by atoms with E-state index in [9.17, 15) is 4.79 Å². The maximum atomic E-state index is 13.2. The summed E-state index contributed by atoms with van der Waals surface area (Å²) in [5, 5.41) is 8.41. The molecule has 0 aliphatic rings. The maximum Gasteiger partial charge on any atom is 0.256 e. The second-order valence-corrected chi connectivity index (χ2v) is 7.15. The Morgan fingerprint density at radius 3 is 2.70 bits per heavy atom. The highest BCUT2D eigenvalue weighted by Crippen LogP contribution is 2.25. The number of aryl methyl sites for hydroxylation is 2. The van der Waals surface area contributed by atoms with Gasteiger partial charge in [0.25, 0.3) is 5.91 Å². The van der Waals surface area contributed by atoms with E-state index in [1.807, 2.05) is 61.9 Å². The molecule has 0 bridgehead atoms. The standard InChI is InChI=1S/C23H23N5O2/c1-14-8-7-11-24-20(14)13-28-16(3)22(15(2)27-28)26-23(29)18-12-21(30-4)25-19-10-6-5-9-17(18)19/h5-12H,13H2,1-4H3,(H,26,29). The Balaban J connectivity index is 1.67. The Labute approximate surface area is 174 Å². The van der Waals surface area contributed by atoms with Crippen LogP contribution in [0.3, 0.4) is 0 Å². The lowest BCUT2D eigenvalue weighted by Crippen LogP contribution is -2.14.